The van der Waals surface area contributed by atoms with Gasteiger partial charge in [-0.1, -0.05) is 0 Å². The molecule has 0 spiro atoms. The molecule has 2 unspecified atom stereocenters. The molecule has 2 rings (SSSR count). The average Bonchev–Trinajstić information content (AvgIpc) is 2.86. The van der Waals surface area contributed by atoms with Crippen molar-refractivity contribution in [1.29, 1.82) is 0 Å². The minimum atomic E-state index is -5.55. The van der Waals surface area contributed by atoms with Gasteiger partial charge in [-0.25, -0.2) is 13.7 Å². The van der Waals surface area contributed by atoms with Crippen LogP contribution in [0.2, 0.25) is 0 Å². The van der Waals surface area contributed by atoms with Crippen LogP contribution < -0.4 is 51.6 Å². The van der Waals surface area contributed by atoms with Crippen LogP contribution in [0, 0.1) is 0 Å². The van der Waals surface area contributed by atoms with Gasteiger partial charge in [0, 0.05) is 12.7 Å². The van der Waals surface area contributed by atoms with E-state index < -0.39 is 52.5 Å². The van der Waals surface area contributed by atoms with Gasteiger partial charge in [0.2, 0.25) is 0 Å². The summed E-state index contributed by atoms with van der Waals surface area (Å²) >= 11 is 0. The maximum atomic E-state index is 11.7. The van der Waals surface area contributed by atoms with E-state index in [1.54, 1.807) is 0 Å². The van der Waals surface area contributed by atoms with E-state index in [1.807, 2.05) is 0 Å². The second-order valence-electron chi connectivity index (χ2n) is 5.42. The van der Waals surface area contributed by atoms with E-state index in [0.717, 1.165) is 10.8 Å². The Morgan fingerprint density at radius 3 is 2.33 bits per heavy atom. The number of anilines is 1. The van der Waals surface area contributed by atoms with E-state index in [2.05, 4.69) is 13.8 Å². The molecule has 0 radical (unpaired) electrons. The van der Waals surface area contributed by atoms with E-state index in [4.69, 9.17) is 31.1 Å². The van der Waals surface area contributed by atoms with Crippen LogP contribution in [0.25, 0.3) is 0 Å². The van der Waals surface area contributed by atoms with E-state index in [1.165, 1.54) is 6.07 Å². The van der Waals surface area contributed by atoms with Crippen LogP contribution in [0.1, 0.15) is 6.23 Å². The summed E-state index contributed by atoms with van der Waals surface area (Å²) in [5.41, 5.74) is 9.21. The average molecular weight is 486 g/mol. The van der Waals surface area contributed by atoms with Gasteiger partial charge in [0.1, 0.15) is 24.1 Å². The van der Waals surface area contributed by atoms with Crippen LogP contribution in [-0.2, 0) is 22.7 Å². The summed E-state index contributed by atoms with van der Waals surface area (Å²) in [6.45, 7) is -0.431. The Kier molecular flexibility index (Phi) is 12.6. The molecule has 0 amide bonds. The number of phosphoric acid groups is 2. The topological polar surface area (TPSA) is 273 Å². The summed E-state index contributed by atoms with van der Waals surface area (Å²) in [5, 5.41) is 27.6. The maximum Gasteiger partial charge on any atom is 1.00 e. The predicted molar refractivity (Wildman–Crippen MR) is 91.7 cm³/mol. The van der Waals surface area contributed by atoms with Gasteiger partial charge in [-0.15, -0.1) is 0 Å². The van der Waals surface area contributed by atoms with Crippen LogP contribution in [0.4, 0.5) is 5.82 Å². The van der Waals surface area contributed by atoms with Crippen LogP contribution in [-0.4, -0.2) is 72.7 Å². The largest absolute Gasteiger partial charge is 1.00 e. The first kappa shape index (κ1) is 29.7. The van der Waals surface area contributed by atoms with Gasteiger partial charge in [0.05, 0.1) is 13.2 Å². The molecular formula is C11H21N4NaO12P2. The fraction of sp³-hybridized carbons (Fsp3) is 0.636. The standard InChI is InChI=1S/C9H15N3O11P2.C2H7NO.Na/c10-5-1-2-12(9(15)11-5)8-7(14)6(13)4(22-8)3-21-25(19,20)23-24(16,17)18;3-1-2-4;/h1-2,4,6-8,13-14H,3H2,(H,19,20)(H2,10,11,15)(H2,16,17,18);4H,1-3H2;/q;;+1/p-1/t4-,6-,7-,8-;;/m1../s1. The van der Waals surface area contributed by atoms with Crippen molar-refractivity contribution in [2.24, 2.45) is 5.73 Å². The van der Waals surface area contributed by atoms with Crippen molar-refractivity contribution in [3.63, 3.8) is 0 Å². The molecule has 2 heterocycles. The van der Waals surface area contributed by atoms with Crippen LogP contribution >= 0.6 is 15.6 Å². The summed E-state index contributed by atoms with van der Waals surface area (Å²) in [7, 11) is -10.8. The molecule has 0 bridgehead atoms. The third kappa shape index (κ3) is 9.48. The van der Waals surface area contributed by atoms with Crippen molar-refractivity contribution in [2.45, 2.75) is 24.5 Å². The summed E-state index contributed by atoms with van der Waals surface area (Å²) in [6.07, 6.45) is -5.00. The molecule has 30 heavy (non-hydrogen) atoms. The number of hydrogen-bond donors (Lipinski definition) is 7. The second kappa shape index (κ2) is 12.7. The number of ether oxygens (including phenoxy) is 1. The fourth-order valence-corrected chi connectivity index (χ4v) is 3.60. The molecule has 0 saturated carbocycles. The first-order valence-electron chi connectivity index (χ1n) is 7.71. The van der Waals surface area contributed by atoms with Crippen molar-refractivity contribution in [3.05, 3.63) is 22.7 Å². The smallest absolute Gasteiger partial charge is 0.756 e. The Balaban J connectivity index is 0.00000154. The molecule has 1 aromatic heterocycles. The number of rotatable bonds is 7. The van der Waals surface area contributed by atoms with Crippen molar-refractivity contribution in [3.8, 4) is 0 Å². The normalized spacial score (nSPS) is 27.2. The molecule has 1 saturated heterocycles. The van der Waals surface area contributed by atoms with Gasteiger partial charge in [0.25, 0.3) is 7.82 Å². The zero-order valence-corrected chi connectivity index (χ0v) is 19.4. The van der Waals surface area contributed by atoms with Crippen LogP contribution in [0.15, 0.2) is 17.1 Å². The van der Waals surface area contributed by atoms with Crippen molar-refractivity contribution in [2.75, 3.05) is 25.5 Å². The van der Waals surface area contributed by atoms with Gasteiger partial charge in [0.15, 0.2) is 6.23 Å². The molecule has 9 N–H and O–H groups in total. The van der Waals surface area contributed by atoms with E-state index in [-0.39, 0.29) is 42.0 Å². The van der Waals surface area contributed by atoms with Crippen LogP contribution in [0.3, 0.4) is 0 Å². The number of hydrogen-bond acceptors (Lipinski definition) is 13. The molecule has 1 aromatic rings. The molecule has 0 aliphatic carbocycles. The first-order valence-corrected chi connectivity index (χ1v) is 10.7. The Hall–Kier alpha value is -0.260. The monoisotopic (exact) mass is 486 g/mol. The minimum absolute atomic E-state index is 0. The Bertz CT molecular complexity index is 820. The zero-order valence-electron chi connectivity index (χ0n) is 15.6. The molecule has 1 fully saturated rings. The van der Waals surface area contributed by atoms with Gasteiger partial charge >= 0.3 is 43.1 Å². The zero-order chi connectivity index (χ0) is 22.4. The summed E-state index contributed by atoms with van der Waals surface area (Å²) in [4.78, 5) is 43.1. The quantitative estimate of drug-likeness (QED) is 0.139. The van der Waals surface area contributed by atoms with E-state index in [9.17, 15) is 29.0 Å². The van der Waals surface area contributed by atoms with Crippen molar-refractivity contribution < 1.29 is 82.3 Å². The first-order chi connectivity index (χ1) is 13.3. The number of aliphatic hydroxyl groups is 3. The van der Waals surface area contributed by atoms with Crippen molar-refractivity contribution in [1.82, 2.24) is 9.55 Å². The third-order valence-corrected chi connectivity index (χ3v) is 5.33. The Labute approximate surface area is 191 Å². The number of nitrogen functional groups attached to an aromatic ring is 1. The van der Waals surface area contributed by atoms with E-state index in [0.29, 0.717) is 6.54 Å². The number of aromatic nitrogens is 2. The number of nitrogens with zero attached hydrogens (tertiary/aromatic N) is 2. The molecule has 1 aliphatic heterocycles. The third-order valence-electron chi connectivity index (χ3n) is 3.20. The SMILES string of the molecule is NCCO.Nc1ccn([C@@H]2O[C@H](COP(=O)(O)OP(=O)([O-])O)[C@@H](O)[C@H]2O)c(=O)n1.[Na+]. The van der Waals surface area contributed by atoms with Gasteiger partial charge < -0.3 is 46.2 Å². The molecule has 168 valence electrons. The van der Waals surface area contributed by atoms with Crippen molar-refractivity contribution >= 4 is 21.5 Å². The van der Waals surface area contributed by atoms with Gasteiger partial charge in [-0.3, -0.25) is 13.7 Å². The summed E-state index contributed by atoms with van der Waals surface area (Å²) in [6, 6.07) is 1.23. The molecule has 0 aromatic carbocycles. The van der Waals surface area contributed by atoms with E-state index >= 15 is 0 Å². The van der Waals surface area contributed by atoms with Gasteiger partial charge in [-0.2, -0.15) is 4.98 Å². The minimum Gasteiger partial charge on any atom is -0.756 e. The Morgan fingerprint density at radius 1 is 1.30 bits per heavy atom. The molecule has 19 heteroatoms. The molecule has 6 atom stereocenters. The number of phosphoric ester groups is 1. The second-order valence-corrected chi connectivity index (χ2v) is 8.20. The molecule has 16 nitrogen and oxygen atoms in total. The fourth-order valence-electron chi connectivity index (χ4n) is 2.04. The number of nitrogens with two attached hydrogens (primary N) is 2. The Morgan fingerprint density at radius 2 is 1.87 bits per heavy atom. The maximum absolute atomic E-state index is 11.7. The summed E-state index contributed by atoms with van der Waals surface area (Å²) in [5.74, 6) is -0.0846. The summed E-state index contributed by atoms with van der Waals surface area (Å²) < 4.78 is 35.5. The predicted octanol–water partition coefficient (Wildman–Crippen LogP) is -7.02. The van der Waals surface area contributed by atoms with Crippen LogP contribution in [0.5, 0.6) is 0 Å². The number of aliphatic hydroxyl groups excluding tert-OH is 3. The van der Waals surface area contributed by atoms with Gasteiger partial charge in [-0.05, 0) is 6.07 Å². The molecular weight excluding hydrogens is 465 g/mol. The molecule has 1 aliphatic rings.